The Morgan fingerprint density at radius 2 is 2.12 bits per heavy atom. The quantitative estimate of drug-likeness (QED) is 0.584. The number of nitrogens with zero attached hydrogens (tertiary/aromatic N) is 1. The van der Waals surface area contributed by atoms with Crippen molar-refractivity contribution in [3.8, 4) is 5.75 Å². The molecule has 84 valence electrons. The fraction of sp³-hybridized carbons (Fsp3) is 0.364. The zero-order valence-electron chi connectivity index (χ0n) is 8.59. The number of hydrogen-bond acceptors (Lipinski definition) is 3. The normalized spacial score (nSPS) is 16.4. The number of aliphatic imine (C=N–C) groups is 1. The van der Waals surface area contributed by atoms with E-state index >= 15 is 0 Å². The number of isocyanates is 1. The molecule has 2 rings (SSSR count). The lowest BCUT2D eigenvalue weighted by molar-refractivity contribution is 0.370. The van der Waals surface area contributed by atoms with E-state index in [4.69, 9.17) is 4.74 Å². The Kier molecular flexibility index (Phi) is 2.48. The number of rotatable bonds is 3. The van der Waals surface area contributed by atoms with Crippen molar-refractivity contribution in [1.82, 2.24) is 0 Å². The molecule has 1 aliphatic rings. The van der Waals surface area contributed by atoms with Crippen LogP contribution in [0.1, 0.15) is 18.4 Å². The third-order valence-electron chi connectivity index (χ3n) is 2.74. The second-order valence-corrected chi connectivity index (χ2v) is 3.71. The Hall–Kier alpha value is -1.74. The molecule has 0 spiro atoms. The monoisotopic (exact) mass is 225 g/mol. The first-order valence-electron chi connectivity index (χ1n) is 4.75. The van der Waals surface area contributed by atoms with Crippen LogP contribution in [0, 0.1) is 11.6 Å². The maximum Gasteiger partial charge on any atom is 0.235 e. The molecular weight excluding hydrogens is 216 g/mol. The van der Waals surface area contributed by atoms with E-state index in [-0.39, 0.29) is 5.75 Å². The third kappa shape index (κ3) is 1.59. The van der Waals surface area contributed by atoms with E-state index in [0.717, 1.165) is 6.07 Å². The van der Waals surface area contributed by atoms with Gasteiger partial charge in [0.15, 0.2) is 11.6 Å². The van der Waals surface area contributed by atoms with Gasteiger partial charge in [-0.2, -0.15) is 9.38 Å². The van der Waals surface area contributed by atoms with Crippen molar-refractivity contribution in [2.45, 2.75) is 18.4 Å². The molecule has 16 heavy (non-hydrogen) atoms. The standard InChI is InChI=1S/C11H9F2NO2/c1-16-9-5-7(4-8(12)10(9)13)11(2-3-11)14-6-15/h4-5H,2-3H2,1H3. The van der Waals surface area contributed by atoms with Crippen LogP contribution in [0.25, 0.3) is 0 Å². The van der Waals surface area contributed by atoms with Gasteiger partial charge < -0.3 is 4.74 Å². The average molecular weight is 225 g/mol. The molecule has 0 heterocycles. The SMILES string of the molecule is COc1cc(C2(N=C=O)CC2)cc(F)c1F. The first kappa shape index (κ1) is 10.8. The first-order chi connectivity index (χ1) is 7.63. The van der Waals surface area contributed by atoms with Crippen LogP contribution in [0.5, 0.6) is 5.75 Å². The van der Waals surface area contributed by atoms with Crippen LogP contribution in [0.3, 0.4) is 0 Å². The second kappa shape index (κ2) is 3.68. The predicted molar refractivity (Wildman–Crippen MR) is 51.9 cm³/mol. The van der Waals surface area contributed by atoms with Crippen molar-refractivity contribution < 1.29 is 18.3 Å². The van der Waals surface area contributed by atoms with E-state index in [1.54, 1.807) is 0 Å². The Bertz CT molecular complexity index is 477. The molecule has 5 heteroatoms. The molecule has 0 unspecified atom stereocenters. The lowest BCUT2D eigenvalue weighted by atomic mass is 10.0. The number of halogens is 2. The number of benzene rings is 1. The van der Waals surface area contributed by atoms with Crippen LogP contribution >= 0.6 is 0 Å². The molecule has 1 aliphatic carbocycles. The van der Waals surface area contributed by atoms with Gasteiger partial charge >= 0.3 is 0 Å². The van der Waals surface area contributed by atoms with Crippen LogP contribution in [-0.4, -0.2) is 13.2 Å². The molecule has 0 N–H and O–H groups in total. The van der Waals surface area contributed by atoms with Crippen molar-refractivity contribution in [2.24, 2.45) is 4.99 Å². The van der Waals surface area contributed by atoms with E-state index < -0.39 is 17.2 Å². The van der Waals surface area contributed by atoms with Crippen LogP contribution in [0.4, 0.5) is 8.78 Å². The summed E-state index contributed by atoms with van der Waals surface area (Å²) in [5.74, 6) is -2.21. The van der Waals surface area contributed by atoms with Crippen LogP contribution in [0.15, 0.2) is 17.1 Å². The molecule has 1 aromatic carbocycles. The molecule has 0 bridgehead atoms. The Labute approximate surface area is 90.8 Å². The highest BCUT2D eigenvalue weighted by molar-refractivity contribution is 5.44. The molecule has 0 amide bonds. The van der Waals surface area contributed by atoms with Gasteiger partial charge in [0, 0.05) is 0 Å². The van der Waals surface area contributed by atoms with Gasteiger partial charge in [-0.3, -0.25) is 0 Å². The van der Waals surface area contributed by atoms with Crippen LogP contribution in [0.2, 0.25) is 0 Å². The fourth-order valence-corrected chi connectivity index (χ4v) is 1.65. The number of ether oxygens (including phenoxy) is 1. The molecule has 0 radical (unpaired) electrons. The molecule has 1 fully saturated rings. The smallest absolute Gasteiger partial charge is 0.235 e. The van der Waals surface area contributed by atoms with Gasteiger partial charge in [-0.1, -0.05) is 0 Å². The molecule has 0 aromatic heterocycles. The van der Waals surface area contributed by atoms with Crippen molar-refractivity contribution in [3.05, 3.63) is 29.3 Å². The molecular formula is C11H9F2NO2. The van der Waals surface area contributed by atoms with Crippen molar-refractivity contribution in [2.75, 3.05) is 7.11 Å². The Morgan fingerprint density at radius 3 is 2.62 bits per heavy atom. The minimum absolute atomic E-state index is 0.178. The van der Waals surface area contributed by atoms with E-state index in [1.165, 1.54) is 19.3 Å². The lowest BCUT2D eigenvalue weighted by Gasteiger charge is -2.11. The predicted octanol–water partition coefficient (Wildman–Crippen LogP) is 2.30. The summed E-state index contributed by atoms with van der Waals surface area (Å²) in [5.41, 5.74) is -0.268. The van der Waals surface area contributed by atoms with E-state index in [0.29, 0.717) is 18.4 Å². The summed E-state index contributed by atoms with van der Waals surface area (Å²) in [5, 5.41) is 0. The summed E-state index contributed by atoms with van der Waals surface area (Å²) >= 11 is 0. The molecule has 0 saturated heterocycles. The van der Waals surface area contributed by atoms with Gasteiger partial charge in [-0.25, -0.2) is 9.18 Å². The topological polar surface area (TPSA) is 38.7 Å². The fourth-order valence-electron chi connectivity index (χ4n) is 1.65. The highest BCUT2D eigenvalue weighted by Crippen LogP contribution is 2.50. The lowest BCUT2D eigenvalue weighted by Crippen LogP contribution is -2.05. The summed E-state index contributed by atoms with van der Waals surface area (Å²) in [6.07, 6.45) is 2.73. The average Bonchev–Trinajstić information content (AvgIpc) is 3.03. The third-order valence-corrected chi connectivity index (χ3v) is 2.74. The second-order valence-electron chi connectivity index (χ2n) is 3.71. The number of hydrogen-bond donors (Lipinski definition) is 0. The summed E-state index contributed by atoms with van der Waals surface area (Å²) in [4.78, 5) is 13.9. The highest BCUT2D eigenvalue weighted by Gasteiger charge is 2.45. The van der Waals surface area contributed by atoms with Crippen LogP contribution in [-0.2, 0) is 10.3 Å². The van der Waals surface area contributed by atoms with Gasteiger partial charge in [0.25, 0.3) is 0 Å². The maximum absolute atomic E-state index is 13.2. The minimum Gasteiger partial charge on any atom is -0.494 e. The Morgan fingerprint density at radius 1 is 1.44 bits per heavy atom. The minimum atomic E-state index is -1.03. The van der Waals surface area contributed by atoms with E-state index in [1.807, 2.05) is 0 Å². The maximum atomic E-state index is 13.2. The van der Waals surface area contributed by atoms with Gasteiger partial charge in [0.2, 0.25) is 11.9 Å². The van der Waals surface area contributed by atoms with Gasteiger partial charge in [0.1, 0.15) is 0 Å². The first-order valence-corrected chi connectivity index (χ1v) is 4.75. The summed E-state index contributed by atoms with van der Waals surface area (Å²) in [7, 11) is 1.25. The van der Waals surface area contributed by atoms with Crippen molar-refractivity contribution in [3.63, 3.8) is 0 Å². The molecule has 0 atom stereocenters. The van der Waals surface area contributed by atoms with E-state index in [2.05, 4.69) is 4.99 Å². The van der Waals surface area contributed by atoms with Gasteiger partial charge in [-0.05, 0) is 30.5 Å². The Balaban J connectivity index is 2.51. The van der Waals surface area contributed by atoms with Crippen LogP contribution < -0.4 is 4.74 Å². The molecule has 3 nitrogen and oxygen atoms in total. The molecule has 0 aliphatic heterocycles. The highest BCUT2D eigenvalue weighted by atomic mass is 19.2. The number of carbonyl (C=O) groups excluding carboxylic acids is 1. The van der Waals surface area contributed by atoms with Gasteiger partial charge in [0.05, 0.1) is 12.6 Å². The van der Waals surface area contributed by atoms with Crippen molar-refractivity contribution >= 4 is 6.08 Å². The summed E-state index contributed by atoms with van der Waals surface area (Å²) in [6.45, 7) is 0. The van der Waals surface area contributed by atoms with Gasteiger partial charge in [-0.15, -0.1) is 0 Å². The zero-order chi connectivity index (χ0) is 11.8. The van der Waals surface area contributed by atoms with E-state index in [9.17, 15) is 13.6 Å². The summed E-state index contributed by atoms with van der Waals surface area (Å²) in [6, 6.07) is 2.41. The molecule has 1 aromatic rings. The largest absolute Gasteiger partial charge is 0.494 e. The zero-order valence-corrected chi connectivity index (χ0v) is 8.59. The molecule has 1 saturated carbocycles. The number of methoxy groups -OCH3 is 1. The van der Waals surface area contributed by atoms with Crippen molar-refractivity contribution in [1.29, 1.82) is 0 Å². The summed E-state index contributed by atoms with van der Waals surface area (Å²) < 4.78 is 31.1.